The Morgan fingerprint density at radius 2 is 1.78 bits per heavy atom. The molecule has 7 nitrogen and oxygen atoms in total. The Hall–Kier alpha value is -3.61. The molecule has 0 spiro atoms. The molecule has 0 bridgehead atoms. The van der Waals surface area contributed by atoms with Crippen molar-refractivity contribution in [3.8, 4) is 11.5 Å². The first-order valence-corrected chi connectivity index (χ1v) is 8.31. The summed E-state index contributed by atoms with van der Waals surface area (Å²) in [7, 11) is 0. The Kier molecular flexibility index (Phi) is 5.51. The van der Waals surface area contributed by atoms with E-state index in [-0.39, 0.29) is 18.4 Å². The Bertz CT molecular complexity index is 916. The average Bonchev–Trinajstić information content (AvgIpc) is 3.14. The van der Waals surface area contributed by atoms with Gasteiger partial charge in [-0.05, 0) is 55.3 Å². The summed E-state index contributed by atoms with van der Waals surface area (Å²) in [6, 6.07) is 14.0. The molecule has 2 amide bonds. The Balaban J connectivity index is 1.64. The molecule has 0 unspecified atom stereocenters. The van der Waals surface area contributed by atoms with E-state index in [1.165, 1.54) is 6.21 Å². The summed E-state index contributed by atoms with van der Waals surface area (Å²) in [5, 5.41) is 6.58. The van der Waals surface area contributed by atoms with Gasteiger partial charge in [0.15, 0.2) is 11.5 Å². The number of benzene rings is 2. The van der Waals surface area contributed by atoms with Crippen LogP contribution in [-0.4, -0.2) is 24.8 Å². The van der Waals surface area contributed by atoms with Crippen LogP contribution in [0.5, 0.6) is 11.5 Å². The predicted molar refractivity (Wildman–Crippen MR) is 101 cm³/mol. The number of nitrogens with zero attached hydrogens (tertiary/aromatic N) is 1. The fourth-order valence-electron chi connectivity index (χ4n) is 2.40. The van der Waals surface area contributed by atoms with Crippen LogP contribution >= 0.6 is 0 Å². The predicted octanol–water partition coefficient (Wildman–Crippen LogP) is 2.59. The lowest BCUT2D eigenvalue weighted by Gasteiger charge is -2.10. The molecule has 7 heteroatoms. The molecule has 2 aromatic rings. The third-order valence-electron chi connectivity index (χ3n) is 3.78. The van der Waals surface area contributed by atoms with Crippen LogP contribution in [0.1, 0.15) is 29.8 Å². The molecule has 138 valence electrons. The molecule has 0 radical (unpaired) electrons. The second-order valence-corrected chi connectivity index (χ2v) is 6.01. The van der Waals surface area contributed by atoms with Crippen molar-refractivity contribution in [2.45, 2.75) is 13.8 Å². The van der Waals surface area contributed by atoms with Gasteiger partial charge in [-0.3, -0.25) is 9.59 Å². The smallest absolute Gasteiger partial charge is 0.287 e. The molecule has 27 heavy (non-hydrogen) atoms. The summed E-state index contributed by atoms with van der Waals surface area (Å²) >= 11 is 0. The summed E-state index contributed by atoms with van der Waals surface area (Å²) in [5.74, 6) is 0.440. The number of ether oxygens (including phenoxy) is 2. The molecule has 1 heterocycles. The van der Waals surface area contributed by atoms with Crippen LogP contribution in [0.3, 0.4) is 0 Å². The third-order valence-corrected chi connectivity index (χ3v) is 3.78. The van der Waals surface area contributed by atoms with Gasteiger partial charge in [0.1, 0.15) is 5.70 Å². The van der Waals surface area contributed by atoms with Gasteiger partial charge in [-0.1, -0.05) is 18.2 Å². The fraction of sp³-hybridized carbons (Fsp3) is 0.150. The van der Waals surface area contributed by atoms with Crippen LogP contribution in [0.25, 0.3) is 0 Å². The molecule has 0 aromatic heterocycles. The molecule has 0 saturated heterocycles. The van der Waals surface area contributed by atoms with E-state index in [9.17, 15) is 9.59 Å². The maximum Gasteiger partial charge on any atom is 0.287 e. The number of fused-ring (bicyclic) bond motifs is 1. The molecule has 0 atom stereocenters. The third kappa shape index (κ3) is 4.52. The van der Waals surface area contributed by atoms with Crippen molar-refractivity contribution < 1.29 is 19.1 Å². The monoisotopic (exact) mass is 365 g/mol. The first-order chi connectivity index (χ1) is 13.0. The van der Waals surface area contributed by atoms with Gasteiger partial charge >= 0.3 is 0 Å². The second-order valence-electron chi connectivity index (χ2n) is 6.01. The summed E-state index contributed by atoms with van der Waals surface area (Å²) in [5.41, 5.74) is 4.45. The van der Waals surface area contributed by atoms with Crippen LogP contribution in [0.4, 0.5) is 0 Å². The number of carbonyl (C=O) groups is 2. The quantitative estimate of drug-likeness (QED) is 0.484. The zero-order valence-corrected chi connectivity index (χ0v) is 15.0. The van der Waals surface area contributed by atoms with Gasteiger partial charge in [0, 0.05) is 5.56 Å². The highest BCUT2D eigenvalue weighted by atomic mass is 16.7. The summed E-state index contributed by atoms with van der Waals surface area (Å²) < 4.78 is 10.5. The molecular formula is C20H19N3O4. The van der Waals surface area contributed by atoms with E-state index in [1.54, 1.807) is 56.3 Å². The largest absolute Gasteiger partial charge is 0.454 e. The van der Waals surface area contributed by atoms with E-state index in [4.69, 9.17) is 9.47 Å². The highest BCUT2D eigenvalue weighted by Crippen LogP contribution is 2.31. The molecule has 3 rings (SSSR count). The van der Waals surface area contributed by atoms with E-state index < -0.39 is 5.91 Å². The lowest BCUT2D eigenvalue weighted by molar-refractivity contribution is -0.117. The normalized spacial score (nSPS) is 11.9. The molecular weight excluding hydrogens is 346 g/mol. The van der Waals surface area contributed by atoms with E-state index in [1.807, 2.05) is 6.07 Å². The maximum atomic E-state index is 12.4. The van der Waals surface area contributed by atoms with E-state index in [0.29, 0.717) is 22.6 Å². The second kappa shape index (κ2) is 8.18. The SMILES string of the molecule is CC(C)=C(NC(=O)c1ccccc1)C(=O)N/N=C/c1ccc2c(c1)OCO2. The zero-order chi connectivity index (χ0) is 19.2. The van der Waals surface area contributed by atoms with Gasteiger partial charge in [-0.2, -0.15) is 5.10 Å². The Morgan fingerprint density at radius 1 is 1.04 bits per heavy atom. The number of rotatable bonds is 5. The lowest BCUT2D eigenvalue weighted by Crippen LogP contribution is -2.33. The number of allylic oxidation sites excluding steroid dienone is 1. The zero-order valence-electron chi connectivity index (χ0n) is 15.0. The number of hydrazone groups is 1. The van der Waals surface area contributed by atoms with Gasteiger partial charge < -0.3 is 14.8 Å². The minimum atomic E-state index is -0.503. The van der Waals surface area contributed by atoms with Crippen molar-refractivity contribution >= 4 is 18.0 Å². The summed E-state index contributed by atoms with van der Waals surface area (Å²) in [6.07, 6.45) is 1.49. The fourth-order valence-corrected chi connectivity index (χ4v) is 2.40. The van der Waals surface area contributed by atoms with E-state index in [2.05, 4.69) is 15.8 Å². The van der Waals surface area contributed by atoms with Crippen molar-refractivity contribution in [1.82, 2.24) is 10.7 Å². The summed E-state index contributed by atoms with van der Waals surface area (Å²) in [6.45, 7) is 3.67. The molecule has 1 aliphatic rings. The standard InChI is InChI=1S/C20H19N3O4/c1-13(2)18(22-19(24)15-6-4-3-5-7-15)20(25)23-21-11-14-8-9-16-17(10-14)27-12-26-16/h3-11H,12H2,1-2H3,(H,22,24)(H,23,25)/b21-11+. The highest BCUT2D eigenvalue weighted by molar-refractivity contribution is 6.03. The van der Waals surface area contributed by atoms with Crippen molar-refractivity contribution in [3.63, 3.8) is 0 Å². The number of nitrogens with one attached hydrogen (secondary N) is 2. The first-order valence-electron chi connectivity index (χ1n) is 8.31. The topological polar surface area (TPSA) is 89.0 Å². The summed E-state index contributed by atoms with van der Waals surface area (Å²) in [4.78, 5) is 24.7. The van der Waals surface area contributed by atoms with Crippen LogP contribution in [0.2, 0.25) is 0 Å². The molecule has 0 aliphatic carbocycles. The molecule has 1 aliphatic heterocycles. The number of hydrogen-bond donors (Lipinski definition) is 2. The van der Waals surface area contributed by atoms with Crippen LogP contribution in [0.15, 0.2) is 64.9 Å². The van der Waals surface area contributed by atoms with Gasteiger partial charge in [-0.25, -0.2) is 5.43 Å². The van der Waals surface area contributed by atoms with Gasteiger partial charge in [-0.15, -0.1) is 0 Å². The van der Waals surface area contributed by atoms with Crippen molar-refractivity contribution in [1.29, 1.82) is 0 Å². The molecule has 2 N–H and O–H groups in total. The molecule has 0 saturated carbocycles. The average molecular weight is 365 g/mol. The van der Waals surface area contributed by atoms with Crippen LogP contribution in [0, 0.1) is 0 Å². The van der Waals surface area contributed by atoms with Crippen molar-refractivity contribution in [2.24, 2.45) is 5.10 Å². The number of carbonyl (C=O) groups excluding carboxylic acids is 2. The van der Waals surface area contributed by atoms with Crippen LogP contribution < -0.4 is 20.2 Å². The Labute approximate surface area is 156 Å². The van der Waals surface area contributed by atoms with Gasteiger partial charge in [0.25, 0.3) is 11.8 Å². The highest BCUT2D eigenvalue weighted by Gasteiger charge is 2.15. The molecule has 0 fully saturated rings. The van der Waals surface area contributed by atoms with E-state index >= 15 is 0 Å². The van der Waals surface area contributed by atoms with Crippen molar-refractivity contribution in [2.75, 3.05) is 6.79 Å². The first kappa shape index (κ1) is 18.2. The molecule has 2 aromatic carbocycles. The maximum absolute atomic E-state index is 12.4. The van der Waals surface area contributed by atoms with Crippen LogP contribution in [-0.2, 0) is 4.79 Å². The minimum absolute atomic E-state index is 0.159. The van der Waals surface area contributed by atoms with E-state index in [0.717, 1.165) is 5.56 Å². The van der Waals surface area contributed by atoms with Gasteiger partial charge in [0.05, 0.1) is 6.21 Å². The lowest BCUT2D eigenvalue weighted by atomic mass is 10.2. The number of hydrogen-bond acceptors (Lipinski definition) is 5. The Morgan fingerprint density at radius 3 is 2.52 bits per heavy atom. The minimum Gasteiger partial charge on any atom is -0.454 e. The van der Waals surface area contributed by atoms with Crippen molar-refractivity contribution in [3.05, 3.63) is 70.9 Å². The number of amides is 2. The van der Waals surface area contributed by atoms with Gasteiger partial charge in [0.2, 0.25) is 6.79 Å².